The fourth-order valence-electron chi connectivity index (χ4n) is 1.49. The molecule has 0 unspecified atom stereocenters. The summed E-state index contributed by atoms with van der Waals surface area (Å²) < 4.78 is 0. The third kappa shape index (κ3) is 2.39. The van der Waals surface area contributed by atoms with Crippen molar-refractivity contribution in [1.82, 2.24) is 10.2 Å². The second kappa shape index (κ2) is 4.61. The smallest absolute Gasteiger partial charge is 0.149 e. The molecule has 0 aliphatic heterocycles. The number of aromatic nitrogens is 2. The molecule has 16 heavy (non-hydrogen) atoms. The van der Waals surface area contributed by atoms with Gasteiger partial charge in [0, 0.05) is 17.7 Å². The molecule has 1 aromatic carbocycles. The van der Waals surface area contributed by atoms with Gasteiger partial charge in [0.2, 0.25) is 0 Å². The standard InChI is InChI=1S/C12H15N3S/c1-8(2)7-11-14-15-12(16-11)9-5-3-4-6-10(9)13/h3-6,8H,7,13H2,1-2H3. The van der Waals surface area contributed by atoms with Gasteiger partial charge >= 0.3 is 0 Å². The molecule has 0 aliphatic carbocycles. The highest BCUT2D eigenvalue weighted by molar-refractivity contribution is 7.14. The Labute approximate surface area is 99.3 Å². The Kier molecular flexibility index (Phi) is 3.19. The minimum absolute atomic E-state index is 0.605. The molecule has 2 N–H and O–H groups in total. The van der Waals surface area contributed by atoms with Crippen LogP contribution in [0.15, 0.2) is 24.3 Å². The van der Waals surface area contributed by atoms with Crippen molar-refractivity contribution >= 4 is 17.0 Å². The molecule has 2 rings (SSSR count). The predicted molar refractivity (Wildman–Crippen MR) is 68.3 cm³/mol. The first-order valence-corrected chi connectivity index (χ1v) is 6.15. The number of nitrogen functional groups attached to an aromatic ring is 1. The molecule has 3 nitrogen and oxygen atoms in total. The Balaban J connectivity index is 2.28. The van der Waals surface area contributed by atoms with Gasteiger partial charge in [-0.25, -0.2) is 0 Å². The molecule has 0 saturated carbocycles. The molecule has 0 saturated heterocycles. The summed E-state index contributed by atoms with van der Waals surface area (Å²) in [5.74, 6) is 0.605. The van der Waals surface area contributed by atoms with E-state index in [1.165, 1.54) is 0 Å². The van der Waals surface area contributed by atoms with Crippen molar-refractivity contribution in [3.63, 3.8) is 0 Å². The Morgan fingerprint density at radius 3 is 2.69 bits per heavy atom. The van der Waals surface area contributed by atoms with Gasteiger partial charge in [0.05, 0.1) is 0 Å². The zero-order valence-corrected chi connectivity index (χ0v) is 10.3. The van der Waals surface area contributed by atoms with Crippen molar-refractivity contribution in [2.75, 3.05) is 5.73 Å². The molecule has 0 fully saturated rings. The van der Waals surface area contributed by atoms with Gasteiger partial charge in [0.15, 0.2) is 0 Å². The molecule has 0 aliphatic rings. The number of rotatable bonds is 3. The summed E-state index contributed by atoms with van der Waals surface area (Å²) in [5.41, 5.74) is 7.64. The predicted octanol–water partition coefficient (Wildman–Crippen LogP) is 2.99. The van der Waals surface area contributed by atoms with E-state index in [0.29, 0.717) is 5.92 Å². The van der Waals surface area contributed by atoms with E-state index < -0.39 is 0 Å². The Bertz CT molecular complexity index is 477. The number of nitrogens with two attached hydrogens (primary N) is 1. The number of anilines is 1. The van der Waals surface area contributed by atoms with Crippen LogP contribution in [0.5, 0.6) is 0 Å². The molecule has 0 bridgehead atoms. The van der Waals surface area contributed by atoms with Crippen LogP contribution < -0.4 is 5.73 Å². The van der Waals surface area contributed by atoms with E-state index in [-0.39, 0.29) is 0 Å². The average Bonchev–Trinajstić information content (AvgIpc) is 2.66. The molecular weight excluding hydrogens is 218 g/mol. The maximum absolute atomic E-state index is 5.90. The van der Waals surface area contributed by atoms with Crippen LogP contribution in [0.2, 0.25) is 0 Å². The summed E-state index contributed by atoms with van der Waals surface area (Å²) in [7, 11) is 0. The van der Waals surface area contributed by atoms with Crippen molar-refractivity contribution in [3.8, 4) is 10.6 Å². The molecule has 1 aromatic heterocycles. The quantitative estimate of drug-likeness (QED) is 0.829. The molecule has 0 atom stereocenters. The minimum atomic E-state index is 0.605. The van der Waals surface area contributed by atoms with Crippen LogP contribution in [-0.4, -0.2) is 10.2 Å². The summed E-state index contributed by atoms with van der Waals surface area (Å²) in [6.45, 7) is 4.36. The third-order valence-electron chi connectivity index (χ3n) is 2.24. The van der Waals surface area contributed by atoms with E-state index in [2.05, 4.69) is 24.0 Å². The second-order valence-corrected chi connectivity index (χ2v) is 5.25. The number of hydrogen-bond donors (Lipinski definition) is 1. The van der Waals surface area contributed by atoms with E-state index in [1.807, 2.05) is 24.3 Å². The first-order valence-electron chi connectivity index (χ1n) is 5.34. The first-order chi connectivity index (χ1) is 7.66. The van der Waals surface area contributed by atoms with Gasteiger partial charge in [-0.2, -0.15) is 0 Å². The molecule has 0 amide bonds. The molecule has 4 heteroatoms. The van der Waals surface area contributed by atoms with Crippen molar-refractivity contribution in [1.29, 1.82) is 0 Å². The van der Waals surface area contributed by atoms with Crippen LogP contribution in [0.25, 0.3) is 10.6 Å². The van der Waals surface area contributed by atoms with Crippen LogP contribution in [0, 0.1) is 5.92 Å². The highest BCUT2D eigenvalue weighted by Crippen LogP contribution is 2.28. The third-order valence-corrected chi connectivity index (χ3v) is 3.22. The molecule has 84 valence electrons. The first kappa shape index (κ1) is 11.1. The normalized spacial score (nSPS) is 10.9. The molecule has 1 heterocycles. The summed E-state index contributed by atoms with van der Waals surface area (Å²) in [4.78, 5) is 0. The van der Waals surface area contributed by atoms with E-state index >= 15 is 0 Å². The lowest BCUT2D eigenvalue weighted by atomic mass is 10.1. The minimum Gasteiger partial charge on any atom is -0.398 e. The van der Waals surface area contributed by atoms with Crippen molar-refractivity contribution in [3.05, 3.63) is 29.3 Å². The van der Waals surface area contributed by atoms with Gasteiger partial charge in [-0.3, -0.25) is 0 Å². The summed E-state index contributed by atoms with van der Waals surface area (Å²) in [6.07, 6.45) is 0.977. The topological polar surface area (TPSA) is 51.8 Å². The van der Waals surface area contributed by atoms with E-state index in [4.69, 9.17) is 5.73 Å². The average molecular weight is 233 g/mol. The Morgan fingerprint density at radius 2 is 2.00 bits per heavy atom. The van der Waals surface area contributed by atoms with Gasteiger partial charge in [-0.05, 0) is 18.1 Å². The zero-order valence-electron chi connectivity index (χ0n) is 9.47. The van der Waals surface area contributed by atoms with Crippen molar-refractivity contribution in [2.24, 2.45) is 5.92 Å². The van der Waals surface area contributed by atoms with Crippen LogP contribution in [0.4, 0.5) is 5.69 Å². The fourth-order valence-corrected chi connectivity index (χ4v) is 2.58. The van der Waals surface area contributed by atoms with Crippen LogP contribution in [0.3, 0.4) is 0 Å². The Morgan fingerprint density at radius 1 is 1.25 bits per heavy atom. The molecule has 0 spiro atoms. The highest BCUT2D eigenvalue weighted by Gasteiger charge is 2.09. The lowest BCUT2D eigenvalue weighted by Gasteiger charge is -1.99. The Hall–Kier alpha value is -1.42. The number of nitrogens with zero attached hydrogens (tertiary/aromatic N) is 2. The summed E-state index contributed by atoms with van der Waals surface area (Å²) in [6, 6.07) is 7.76. The maximum Gasteiger partial charge on any atom is 0.149 e. The summed E-state index contributed by atoms with van der Waals surface area (Å²) >= 11 is 1.63. The van der Waals surface area contributed by atoms with E-state index in [1.54, 1.807) is 11.3 Å². The molecule has 0 radical (unpaired) electrons. The van der Waals surface area contributed by atoms with Crippen LogP contribution in [0.1, 0.15) is 18.9 Å². The number of hydrogen-bond acceptors (Lipinski definition) is 4. The van der Waals surface area contributed by atoms with Crippen molar-refractivity contribution < 1.29 is 0 Å². The monoisotopic (exact) mass is 233 g/mol. The zero-order chi connectivity index (χ0) is 11.5. The maximum atomic E-state index is 5.90. The van der Waals surface area contributed by atoms with Crippen molar-refractivity contribution in [2.45, 2.75) is 20.3 Å². The van der Waals surface area contributed by atoms with Gasteiger partial charge in [0.25, 0.3) is 0 Å². The van der Waals surface area contributed by atoms with Crippen LogP contribution >= 0.6 is 11.3 Å². The van der Waals surface area contributed by atoms with Gasteiger partial charge in [0.1, 0.15) is 10.0 Å². The van der Waals surface area contributed by atoms with Gasteiger partial charge < -0.3 is 5.73 Å². The fraction of sp³-hybridized carbons (Fsp3) is 0.333. The van der Waals surface area contributed by atoms with Crippen LogP contribution in [-0.2, 0) is 6.42 Å². The largest absolute Gasteiger partial charge is 0.398 e. The number of para-hydroxylation sites is 1. The lowest BCUT2D eigenvalue weighted by molar-refractivity contribution is 0.640. The second-order valence-electron chi connectivity index (χ2n) is 4.19. The number of benzene rings is 1. The molecule has 2 aromatic rings. The van der Waals surface area contributed by atoms with E-state index in [9.17, 15) is 0 Å². The lowest BCUT2D eigenvalue weighted by Crippen LogP contribution is -1.92. The highest BCUT2D eigenvalue weighted by atomic mass is 32.1. The summed E-state index contributed by atoms with van der Waals surface area (Å²) in [5, 5.41) is 10.4. The molecular formula is C12H15N3S. The van der Waals surface area contributed by atoms with Gasteiger partial charge in [-0.15, -0.1) is 10.2 Å². The van der Waals surface area contributed by atoms with Gasteiger partial charge in [-0.1, -0.05) is 37.3 Å². The SMILES string of the molecule is CC(C)Cc1nnc(-c2ccccc2N)s1. The van der Waals surface area contributed by atoms with E-state index in [0.717, 1.165) is 27.7 Å².